The third kappa shape index (κ3) is 5.01. The minimum Gasteiger partial charge on any atom is -0.396 e. The molecule has 1 aromatic rings. The number of nitrogens with two attached hydrogens (primary N) is 1. The van der Waals surface area contributed by atoms with E-state index in [0.717, 1.165) is 31.9 Å². The lowest BCUT2D eigenvalue weighted by Gasteiger charge is -2.20. The SMILES string of the molecule is COCCCOCCN(C)c1ccncc1N. The normalized spacial score (nSPS) is 10.5. The average Bonchev–Trinajstić information content (AvgIpc) is 2.34. The van der Waals surface area contributed by atoms with Gasteiger partial charge < -0.3 is 20.1 Å². The van der Waals surface area contributed by atoms with Crippen molar-refractivity contribution in [3.8, 4) is 0 Å². The van der Waals surface area contributed by atoms with Gasteiger partial charge in [0.25, 0.3) is 0 Å². The Bertz CT molecular complexity index is 320. The van der Waals surface area contributed by atoms with Gasteiger partial charge in [-0.1, -0.05) is 0 Å². The number of pyridine rings is 1. The highest BCUT2D eigenvalue weighted by Crippen LogP contribution is 2.19. The Kier molecular flexibility index (Phi) is 6.35. The number of aromatic nitrogens is 1. The molecule has 0 atom stereocenters. The molecule has 5 heteroatoms. The van der Waals surface area contributed by atoms with Crippen molar-refractivity contribution in [2.45, 2.75) is 6.42 Å². The number of nitrogens with zero attached hydrogens (tertiary/aromatic N) is 2. The first kappa shape index (κ1) is 13.7. The van der Waals surface area contributed by atoms with Crippen molar-refractivity contribution in [1.29, 1.82) is 0 Å². The molecule has 0 aliphatic carbocycles. The van der Waals surface area contributed by atoms with E-state index in [1.807, 2.05) is 13.1 Å². The molecule has 1 rings (SSSR count). The molecular formula is C12H21N3O2. The van der Waals surface area contributed by atoms with Gasteiger partial charge in [-0.3, -0.25) is 4.98 Å². The Morgan fingerprint density at radius 3 is 2.88 bits per heavy atom. The van der Waals surface area contributed by atoms with Gasteiger partial charge in [-0.2, -0.15) is 0 Å². The predicted molar refractivity (Wildman–Crippen MR) is 69.2 cm³/mol. The molecule has 0 aromatic carbocycles. The van der Waals surface area contributed by atoms with Crippen LogP contribution in [0.5, 0.6) is 0 Å². The smallest absolute Gasteiger partial charge is 0.0738 e. The number of anilines is 2. The van der Waals surface area contributed by atoms with Crippen LogP contribution in [0.1, 0.15) is 6.42 Å². The van der Waals surface area contributed by atoms with E-state index in [-0.39, 0.29) is 0 Å². The molecule has 0 amide bonds. The molecule has 0 saturated heterocycles. The van der Waals surface area contributed by atoms with Gasteiger partial charge >= 0.3 is 0 Å². The molecule has 0 saturated carbocycles. The quantitative estimate of drug-likeness (QED) is 0.690. The van der Waals surface area contributed by atoms with Crippen LogP contribution in [0.2, 0.25) is 0 Å². The lowest BCUT2D eigenvalue weighted by molar-refractivity contribution is 0.107. The highest BCUT2D eigenvalue weighted by atomic mass is 16.5. The summed E-state index contributed by atoms with van der Waals surface area (Å²) in [6, 6.07) is 1.90. The van der Waals surface area contributed by atoms with Gasteiger partial charge in [-0.25, -0.2) is 0 Å². The summed E-state index contributed by atoms with van der Waals surface area (Å²) in [5.41, 5.74) is 7.51. The average molecular weight is 239 g/mol. The summed E-state index contributed by atoms with van der Waals surface area (Å²) in [6.07, 6.45) is 4.32. The zero-order chi connectivity index (χ0) is 12.5. The fourth-order valence-corrected chi connectivity index (χ4v) is 1.48. The van der Waals surface area contributed by atoms with Crippen molar-refractivity contribution in [1.82, 2.24) is 4.98 Å². The Balaban J connectivity index is 2.21. The van der Waals surface area contributed by atoms with Gasteiger partial charge in [0.05, 0.1) is 24.2 Å². The van der Waals surface area contributed by atoms with Crippen LogP contribution in [0.15, 0.2) is 18.5 Å². The number of methoxy groups -OCH3 is 1. The van der Waals surface area contributed by atoms with Crippen LogP contribution in [0.4, 0.5) is 11.4 Å². The summed E-state index contributed by atoms with van der Waals surface area (Å²) in [7, 11) is 3.68. The van der Waals surface area contributed by atoms with Crippen molar-refractivity contribution in [3.63, 3.8) is 0 Å². The highest BCUT2D eigenvalue weighted by molar-refractivity contribution is 5.65. The number of hydrogen-bond donors (Lipinski definition) is 1. The topological polar surface area (TPSA) is 60.6 Å². The van der Waals surface area contributed by atoms with E-state index in [9.17, 15) is 0 Å². The molecule has 0 aliphatic heterocycles. The molecular weight excluding hydrogens is 218 g/mol. The Hall–Kier alpha value is -1.33. The molecule has 96 valence electrons. The van der Waals surface area contributed by atoms with Crippen LogP contribution < -0.4 is 10.6 Å². The Morgan fingerprint density at radius 2 is 2.18 bits per heavy atom. The second-order valence-corrected chi connectivity index (χ2v) is 3.81. The van der Waals surface area contributed by atoms with Gasteiger partial charge in [-0.05, 0) is 12.5 Å². The monoisotopic (exact) mass is 239 g/mol. The van der Waals surface area contributed by atoms with E-state index < -0.39 is 0 Å². The van der Waals surface area contributed by atoms with Crippen molar-refractivity contribution in [3.05, 3.63) is 18.5 Å². The maximum absolute atomic E-state index is 5.83. The van der Waals surface area contributed by atoms with Gasteiger partial charge in [0, 0.05) is 40.1 Å². The third-order valence-corrected chi connectivity index (χ3v) is 2.45. The number of likely N-dealkylation sites (N-methyl/N-ethyl adjacent to an activating group) is 1. The molecule has 0 radical (unpaired) electrons. The van der Waals surface area contributed by atoms with Crippen molar-refractivity contribution in [2.24, 2.45) is 0 Å². The molecule has 1 heterocycles. The summed E-state index contributed by atoms with van der Waals surface area (Å²) >= 11 is 0. The van der Waals surface area contributed by atoms with Gasteiger partial charge in [0.1, 0.15) is 0 Å². The minimum atomic E-state index is 0.683. The van der Waals surface area contributed by atoms with Crippen LogP contribution in [-0.2, 0) is 9.47 Å². The summed E-state index contributed by atoms with van der Waals surface area (Å²) in [4.78, 5) is 6.02. The van der Waals surface area contributed by atoms with Gasteiger partial charge in [-0.15, -0.1) is 0 Å². The van der Waals surface area contributed by atoms with Crippen LogP contribution in [0.25, 0.3) is 0 Å². The fourth-order valence-electron chi connectivity index (χ4n) is 1.48. The number of ether oxygens (including phenoxy) is 2. The molecule has 0 spiro atoms. The van der Waals surface area contributed by atoms with Gasteiger partial charge in [0.15, 0.2) is 0 Å². The van der Waals surface area contributed by atoms with Crippen LogP contribution in [-0.4, -0.2) is 45.5 Å². The molecule has 0 unspecified atom stereocenters. The molecule has 0 fully saturated rings. The molecule has 0 aliphatic rings. The van der Waals surface area contributed by atoms with E-state index in [1.165, 1.54) is 0 Å². The first-order chi connectivity index (χ1) is 8.25. The second kappa shape index (κ2) is 7.86. The molecule has 5 nitrogen and oxygen atoms in total. The van der Waals surface area contributed by atoms with Crippen LogP contribution in [0.3, 0.4) is 0 Å². The minimum absolute atomic E-state index is 0.683. The van der Waals surface area contributed by atoms with E-state index in [1.54, 1.807) is 19.5 Å². The van der Waals surface area contributed by atoms with Crippen molar-refractivity contribution >= 4 is 11.4 Å². The fraction of sp³-hybridized carbons (Fsp3) is 0.583. The zero-order valence-corrected chi connectivity index (χ0v) is 10.6. The molecule has 1 aromatic heterocycles. The number of hydrogen-bond acceptors (Lipinski definition) is 5. The maximum Gasteiger partial charge on any atom is 0.0738 e. The van der Waals surface area contributed by atoms with Crippen LogP contribution in [0, 0.1) is 0 Å². The third-order valence-electron chi connectivity index (χ3n) is 2.45. The molecule has 2 N–H and O–H groups in total. The van der Waals surface area contributed by atoms with E-state index in [0.29, 0.717) is 12.3 Å². The summed E-state index contributed by atoms with van der Waals surface area (Å²) in [6.45, 7) is 2.96. The van der Waals surface area contributed by atoms with E-state index in [2.05, 4.69) is 9.88 Å². The van der Waals surface area contributed by atoms with E-state index in [4.69, 9.17) is 15.2 Å². The van der Waals surface area contributed by atoms with E-state index >= 15 is 0 Å². The largest absolute Gasteiger partial charge is 0.396 e. The van der Waals surface area contributed by atoms with Gasteiger partial charge in [0.2, 0.25) is 0 Å². The first-order valence-electron chi connectivity index (χ1n) is 5.73. The second-order valence-electron chi connectivity index (χ2n) is 3.81. The lowest BCUT2D eigenvalue weighted by atomic mass is 10.3. The van der Waals surface area contributed by atoms with Crippen LogP contribution >= 0.6 is 0 Å². The molecule has 17 heavy (non-hydrogen) atoms. The number of nitrogen functional groups attached to an aromatic ring is 1. The summed E-state index contributed by atoms with van der Waals surface area (Å²) in [5.74, 6) is 0. The maximum atomic E-state index is 5.83. The Morgan fingerprint density at radius 1 is 1.35 bits per heavy atom. The molecule has 0 bridgehead atoms. The highest BCUT2D eigenvalue weighted by Gasteiger charge is 2.04. The summed E-state index contributed by atoms with van der Waals surface area (Å²) in [5, 5.41) is 0. The lowest BCUT2D eigenvalue weighted by Crippen LogP contribution is -2.23. The van der Waals surface area contributed by atoms with Crippen molar-refractivity contribution in [2.75, 3.05) is 51.2 Å². The van der Waals surface area contributed by atoms with Crippen molar-refractivity contribution < 1.29 is 9.47 Å². The predicted octanol–water partition coefficient (Wildman–Crippen LogP) is 1.15. The zero-order valence-electron chi connectivity index (χ0n) is 10.6. The Labute approximate surface area is 103 Å². The number of rotatable bonds is 8. The standard InChI is InChI=1S/C12H21N3O2/c1-15(6-9-17-8-3-7-16-2)12-4-5-14-10-11(12)13/h4-5,10H,3,6-9,13H2,1-2H3. The first-order valence-corrected chi connectivity index (χ1v) is 5.73. The summed E-state index contributed by atoms with van der Waals surface area (Å²) < 4.78 is 10.4.